The van der Waals surface area contributed by atoms with Crippen molar-refractivity contribution in [1.29, 1.82) is 0 Å². The van der Waals surface area contributed by atoms with Crippen LogP contribution in [0.4, 0.5) is 0 Å². The van der Waals surface area contributed by atoms with Gasteiger partial charge >= 0.3 is 0 Å². The molecule has 2 nitrogen and oxygen atoms in total. The molecule has 2 aliphatic heterocycles. The molecule has 128 valence electrons. The van der Waals surface area contributed by atoms with Gasteiger partial charge in [0.2, 0.25) is 0 Å². The lowest BCUT2D eigenvalue weighted by Crippen LogP contribution is -2.39. The van der Waals surface area contributed by atoms with E-state index in [9.17, 15) is 0 Å². The van der Waals surface area contributed by atoms with Crippen molar-refractivity contribution < 1.29 is 4.74 Å². The minimum Gasteiger partial charge on any atom is -0.381 e. The van der Waals surface area contributed by atoms with Crippen LogP contribution in [0.1, 0.15) is 56.7 Å². The Kier molecular flexibility index (Phi) is 4.32. The van der Waals surface area contributed by atoms with Crippen molar-refractivity contribution in [3.8, 4) is 0 Å². The third kappa shape index (κ3) is 3.01. The van der Waals surface area contributed by atoms with Gasteiger partial charge in [-0.1, -0.05) is 19.9 Å². The molecule has 0 atom stereocenters. The fourth-order valence-corrected chi connectivity index (χ4v) is 6.11. The Labute approximate surface area is 145 Å². The second-order valence-corrected chi connectivity index (χ2v) is 9.84. The summed E-state index contributed by atoms with van der Waals surface area (Å²) in [5.74, 6) is 1.67. The molecule has 1 saturated carbocycles. The van der Waals surface area contributed by atoms with Gasteiger partial charge in [0.15, 0.2) is 0 Å². The van der Waals surface area contributed by atoms with Crippen molar-refractivity contribution in [2.45, 2.75) is 51.9 Å². The fraction of sp³-hybridized carbons (Fsp3) is 0.800. The van der Waals surface area contributed by atoms with Gasteiger partial charge in [0.25, 0.3) is 0 Å². The number of likely N-dealkylation sites (tertiary alicyclic amines) is 1. The van der Waals surface area contributed by atoms with Crippen LogP contribution in [-0.2, 0) is 4.74 Å². The molecule has 3 aliphatic rings. The van der Waals surface area contributed by atoms with Crippen molar-refractivity contribution in [2.24, 2.45) is 16.7 Å². The summed E-state index contributed by atoms with van der Waals surface area (Å²) >= 11 is 1.96. The van der Waals surface area contributed by atoms with Crippen LogP contribution in [-0.4, -0.2) is 37.7 Å². The van der Waals surface area contributed by atoms with E-state index in [1.54, 1.807) is 4.88 Å². The summed E-state index contributed by atoms with van der Waals surface area (Å²) in [6.07, 6.45) is 6.98. The highest BCUT2D eigenvalue weighted by atomic mass is 32.1. The van der Waals surface area contributed by atoms with E-state index in [0.717, 1.165) is 25.0 Å². The molecule has 4 rings (SSSR count). The summed E-state index contributed by atoms with van der Waals surface area (Å²) in [6.45, 7) is 11.0. The number of nitrogens with zero attached hydrogens (tertiary/aromatic N) is 1. The minimum absolute atomic E-state index is 0.476. The van der Waals surface area contributed by atoms with Crippen LogP contribution in [0, 0.1) is 16.7 Å². The van der Waals surface area contributed by atoms with Crippen LogP contribution in [0.15, 0.2) is 17.5 Å². The average Bonchev–Trinajstić information content (AvgIpc) is 3.06. The van der Waals surface area contributed by atoms with Gasteiger partial charge in [-0.3, -0.25) is 0 Å². The first kappa shape index (κ1) is 16.1. The number of hydrogen-bond donors (Lipinski definition) is 0. The van der Waals surface area contributed by atoms with E-state index in [4.69, 9.17) is 4.74 Å². The molecule has 3 fully saturated rings. The van der Waals surface area contributed by atoms with Crippen molar-refractivity contribution in [2.75, 3.05) is 32.8 Å². The smallest absolute Gasteiger partial charge is 0.0516 e. The molecule has 0 N–H and O–H groups in total. The molecule has 3 heterocycles. The average molecular weight is 334 g/mol. The second-order valence-electron chi connectivity index (χ2n) is 8.86. The Morgan fingerprint density at radius 1 is 1.22 bits per heavy atom. The molecule has 1 aromatic rings. The van der Waals surface area contributed by atoms with E-state index >= 15 is 0 Å². The Balaban J connectivity index is 1.37. The first-order valence-electron chi connectivity index (χ1n) is 9.42. The zero-order valence-corrected chi connectivity index (χ0v) is 15.5. The van der Waals surface area contributed by atoms with Gasteiger partial charge in [0.1, 0.15) is 0 Å². The number of hydrogen-bond acceptors (Lipinski definition) is 3. The molecule has 0 unspecified atom stereocenters. The van der Waals surface area contributed by atoms with Crippen LogP contribution in [0.3, 0.4) is 0 Å². The number of ether oxygens (including phenoxy) is 1. The molecule has 23 heavy (non-hydrogen) atoms. The SMILES string of the molecule is CC1(C)CN(CCC2COC2)CC12CCC(c1cccs1)CC2. The lowest BCUT2D eigenvalue weighted by atomic mass is 9.59. The topological polar surface area (TPSA) is 12.5 Å². The Morgan fingerprint density at radius 2 is 2.00 bits per heavy atom. The van der Waals surface area contributed by atoms with Crippen LogP contribution in [0.25, 0.3) is 0 Å². The van der Waals surface area contributed by atoms with Gasteiger partial charge in [0, 0.05) is 23.9 Å². The van der Waals surface area contributed by atoms with Crippen LogP contribution >= 0.6 is 11.3 Å². The molecule has 0 radical (unpaired) electrons. The first-order chi connectivity index (χ1) is 11.1. The first-order valence-corrected chi connectivity index (χ1v) is 10.3. The van der Waals surface area contributed by atoms with E-state index < -0.39 is 0 Å². The quantitative estimate of drug-likeness (QED) is 0.787. The van der Waals surface area contributed by atoms with Crippen molar-refractivity contribution in [3.63, 3.8) is 0 Å². The molecule has 1 aromatic heterocycles. The molecular formula is C20H31NOS. The molecule has 2 saturated heterocycles. The summed E-state index contributed by atoms with van der Waals surface area (Å²) in [5.41, 5.74) is 1.04. The molecule has 0 aromatic carbocycles. The summed E-state index contributed by atoms with van der Waals surface area (Å²) in [7, 11) is 0. The van der Waals surface area contributed by atoms with Gasteiger partial charge in [0.05, 0.1) is 13.2 Å². The zero-order chi connectivity index (χ0) is 15.9. The van der Waals surface area contributed by atoms with Crippen LogP contribution < -0.4 is 0 Å². The standard InChI is InChI=1S/C20H31NOS/c1-19(2)14-21(10-7-16-12-22-13-16)15-20(19)8-5-17(6-9-20)18-4-3-11-23-18/h3-4,11,16-17H,5-10,12-15H2,1-2H3. The lowest BCUT2D eigenvalue weighted by Gasteiger charge is -2.45. The largest absolute Gasteiger partial charge is 0.381 e. The van der Waals surface area contributed by atoms with E-state index in [2.05, 4.69) is 36.3 Å². The third-order valence-electron chi connectivity index (χ3n) is 7.03. The summed E-state index contributed by atoms with van der Waals surface area (Å²) in [4.78, 5) is 4.39. The van der Waals surface area contributed by atoms with Crippen molar-refractivity contribution in [3.05, 3.63) is 22.4 Å². The summed E-state index contributed by atoms with van der Waals surface area (Å²) in [5, 5.41) is 2.24. The van der Waals surface area contributed by atoms with Gasteiger partial charge < -0.3 is 9.64 Å². The third-order valence-corrected chi connectivity index (χ3v) is 8.06. The summed E-state index contributed by atoms with van der Waals surface area (Å²) < 4.78 is 5.33. The molecule has 0 amide bonds. The number of rotatable bonds is 4. The molecule has 1 spiro atoms. The van der Waals surface area contributed by atoms with Crippen LogP contribution in [0.2, 0.25) is 0 Å². The fourth-order valence-electron chi connectivity index (χ4n) is 5.21. The van der Waals surface area contributed by atoms with Crippen LogP contribution in [0.5, 0.6) is 0 Å². The maximum Gasteiger partial charge on any atom is 0.0516 e. The van der Waals surface area contributed by atoms with Crippen molar-refractivity contribution >= 4 is 11.3 Å². The van der Waals surface area contributed by atoms with Gasteiger partial charge in [-0.15, -0.1) is 11.3 Å². The molecule has 3 heteroatoms. The van der Waals surface area contributed by atoms with Gasteiger partial charge in [-0.2, -0.15) is 0 Å². The normalized spacial score (nSPS) is 34.8. The molecule has 0 bridgehead atoms. The van der Waals surface area contributed by atoms with Gasteiger partial charge in [-0.25, -0.2) is 0 Å². The predicted molar refractivity (Wildman–Crippen MR) is 97.1 cm³/mol. The van der Waals surface area contributed by atoms with E-state index in [1.807, 2.05) is 11.3 Å². The van der Waals surface area contributed by atoms with Gasteiger partial charge in [-0.05, 0) is 66.8 Å². The Morgan fingerprint density at radius 3 is 2.61 bits per heavy atom. The summed E-state index contributed by atoms with van der Waals surface area (Å²) in [6, 6.07) is 4.57. The van der Waals surface area contributed by atoms with E-state index in [0.29, 0.717) is 10.8 Å². The number of thiophene rings is 1. The van der Waals surface area contributed by atoms with E-state index in [-0.39, 0.29) is 0 Å². The molecular weight excluding hydrogens is 302 g/mol. The predicted octanol–water partition coefficient (Wildman–Crippen LogP) is 4.77. The Bertz CT molecular complexity index is 512. The lowest BCUT2D eigenvalue weighted by molar-refractivity contribution is -0.0387. The monoisotopic (exact) mass is 333 g/mol. The van der Waals surface area contributed by atoms with E-state index in [1.165, 1.54) is 51.7 Å². The minimum atomic E-state index is 0.476. The highest BCUT2D eigenvalue weighted by molar-refractivity contribution is 7.10. The maximum atomic E-state index is 5.33. The zero-order valence-electron chi connectivity index (χ0n) is 14.7. The second kappa shape index (κ2) is 6.16. The maximum absolute atomic E-state index is 5.33. The highest BCUT2D eigenvalue weighted by Crippen LogP contribution is 2.57. The molecule has 1 aliphatic carbocycles. The van der Waals surface area contributed by atoms with Crippen molar-refractivity contribution in [1.82, 2.24) is 4.90 Å². The Hall–Kier alpha value is -0.380. The highest BCUT2D eigenvalue weighted by Gasteiger charge is 2.52.